The van der Waals surface area contributed by atoms with E-state index in [2.05, 4.69) is 28.7 Å². The Morgan fingerprint density at radius 1 is 1.37 bits per heavy atom. The van der Waals surface area contributed by atoms with Crippen molar-refractivity contribution in [2.75, 3.05) is 19.0 Å². The van der Waals surface area contributed by atoms with Crippen molar-refractivity contribution >= 4 is 5.95 Å². The number of nitrogens with one attached hydrogen (secondary N) is 1. The highest BCUT2D eigenvalue weighted by atomic mass is 16.5. The fourth-order valence-corrected chi connectivity index (χ4v) is 1.88. The molecule has 0 unspecified atom stereocenters. The van der Waals surface area contributed by atoms with Crippen LogP contribution < -0.4 is 10.1 Å². The molecule has 0 radical (unpaired) electrons. The highest BCUT2D eigenvalue weighted by molar-refractivity contribution is 5.46. The molecule has 0 aliphatic rings. The van der Waals surface area contributed by atoms with E-state index in [0.717, 1.165) is 29.6 Å². The third kappa shape index (κ3) is 3.28. The van der Waals surface area contributed by atoms with Crippen molar-refractivity contribution in [2.24, 2.45) is 5.92 Å². The highest BCUT2D eigenvalue weighted by Crippen LogP contribution is 2.21. The molecule has 102 valence electrons. The maximum atomic E-state index is 5.27. The number of hydrogen-bond acceptors (Lipinski definition) is 3. The van der Waals surface area contributed by atoms with E-state index < -0.39 is 0 Å². The second kappa shape index (κ2) is 5.78. The lowest BCUT2D eigenvalue weighted by Gasteiger charge is -2.12. The van der Waals surface area contributed by atoms with E-state index in [4.69, 9.17) is 4.74 Å². The van der Waals surface area contributed by atoms with Gasteiger partial charge in [0.1, 0.15) is 5.75 Å². The molecule has 2 aromatic rings. The van der Waals surface area contributed by atoms with E-state index in [0.29, 0.717) is 5.92 Å². The van der Waals surface area contributed by atoms with E-state index in [1.165, 1.54) is 0 Å². The smallest absolute Gasteiger partial charge is 0.207 e. The van der Waals surface area contributed by atoms with Gasteiger partial charge >= 0.3 is 0 Å². The molecule has 4 heteroatoms. The molecule has 1 aromatic heterocycles. The Hall–Kier alpha value is -1.97. The predicted octanol–water partition coefficient (Wildman–Crippen LogP) is 3.26. The van der Waals surface area contributed by atoms with Crippen molar-refractivity contribution in [1.82, 2.24) is 9.55 Å². The van der Waals surface area contributed by atoms with Crippen LogP contribution in [0.25, 0.3) is 5.69 Å². The zero-order valence-electron chi connectivity index (χ0n) is 12.0. The van der Waals surface area contributed by atoms with Crippen LogP contribution in [-0.4, -0.2) is 23.2 Å². The number of rotatable bonds is 5. The molecule has 4 nitrogen and oxygen atoms in total. The lowest BCUT2D eigenvalue weighted by molar-refractivity contribution is 0.414. The molecular weight excluding hydrogens is 238 g/mol. The molecular formula is C15H21N3O. The van der Waals surface area contributed by atoms with Crippen LogP contribution in [0.1, 0.15) is 19.5 Å². The van der Waals surface area contributed by atoms with Crippen LogP contribution in [-0.2, 0) is 0 Å². The fraction of sp³-hybridized carbons (Fsp3) is 0.400. The largest absolute Gasteiger partial charge is 0.497 e. The molecule has 0 atom stereocenters. The van der Waals surface area contributed by atoms with Crippen molar-refractivity contribution in [3.05, 3.63) is 36.2 Å². The number of benzene rings is 1. The van der Waals surface area contributed by atoms with Crippen LogP contribution in [0.2, 0.25) is 0 Å². The molecule has 0 bridgehead atoms. The first-order chi connectivity index (χ1) is 9.10. The van der Waals surface area contributed by atoms with Crippen LogP contribution in [0.4, 0.5) is 5.95 Å². The number of hydrogen-bond donors (Lipinski definition) is 1. The van der Waals surface area contributed by atoms with Gasteiger partial charge in [0, 0.05) is 18.8 Å². The summed E-state index contributed by atoms with van der Waals surface area (Å²) in [7, 11) is 1.68. The second-order valence-corrected chi connectivity index (χ2v) is 5.05. The van der Waals surface area contributed by atoms with E-state index in [9.17, 15) is 0 Å². The first kappa shape index (κ1) is 13.5. The molecule has 19 heavy (non-hydrogen) atoms. The third-order valence-corrected chi connectivity index (χ3v) is 2.83. The monoisotopic (exact) mass is 259 g/mol. The van der Waals surface area contributed by atoms with E-state index in [1.54, 1.807) is 7.11 Å². The molecule has 0 fully saturated rings. The van der Waals surface area contributed by atoms with Gasteiger partial charge in [-0.1, -0.05) is 19.9 Å². The summed E-state index contributed by atoms with van der Waals surface area (Å²) in [6.07, 6.45) is 2.03. The maximum absolute atomic E-state index is 5.27. The van der Waals surface area contributed by atoms with Crippen molar-refractivity contribution < 1.29 is 4.74 Å². The Morgan fingerprint density at radius 3 is 2.84 bits per heavy atom. The molecule has 0 saturated carbocycles. The fourth-order valence-electron chi connectivity index (χ4n) is 1.88. The molecule has 1 N–H and O–H groups in total. The minimum Gasteiger partial charge on any atom is -0.497 e. The lowest BCUT2D eigenvalue weighted by atomic mass is 10.2. The van der Waals surface area contributed by atoms with Crippen LogP contribution >= 0.6 is 0 Å². The Bertz CT molecular complexity index is 546. The van der Waals surface area contributed by atoms with Crippen LogP contribution in [0.5, 0.6) is 5.75 Å². The lowest BCUT2D eigenvalue weighted by Crippen LogP contribution is -2.12. The molecule has 1 aromatic carbocycles. The van der Waals surface area contributed by atoms with Crippen molar-refractivity contribution in [3.63, 3.8) is 0 Å². The van der Waals surface area contributed by atoms with Gasteiger partial charge in [-0.3, -0.25) is 4.57 Å². The molecule has 2 rings (SSSR count). The van der Waals surface area contributed by atoms with Gasteiger partial charge in [0.2, 0.25) is 5.95 Å². The summed E-state index contributed by atoms with van der Waals surface area (Å²) in [6, 6.07) is 7.97. The number of imidazole rings is 1. The van der Waals surface area contributed by atoms with Crippen LogP contribution in [0, 0.1) is 12.8 Å². The minimum absolute atomic E-state index is 0.579. The Labute approximate surface area is 114 Å². The van der Waals surface area contributed by atoms with Gasteiger partial charge in [-0.2, -0.15) is 0 Å². The molecule has 0 saturated heterocycles. The summed E-state index contributed by atoms with van der Waals surface area (Å²) < 4.78 is 7.32. The second-order valence-electron chi connectivity index (χ2n) is 5.05. The van der Waals surface area contributed by atoms with E-state index >= 15 is 0 Å². The summed E-state index contributed by atoms with van der Waals surface area (Å²) in [5, 5.41) is 3.38. The van der Waals surface area contributed by atoms with Crippen LogP contribution in [0.3, 0.4) is 0 Å². The summed E-state index contributed by atoms with van der Waals surface area (Å²) in [5.41, 5.74) is 2.04. The Morgan fingerprint density at radius 2 is 2.16 bits per heavy atom. The van der Waals surface area contributed by atoms with Gasteiger partial charge in [0.05, 0.1) is 18.5 Å². The van der Waals surface area contributed by atoms with Gasteiger partial charge in [0.15, 0.2) is 0 Å². The predicted molar refractivity (Wildman–Crippen MR) is 78.2 cm³/mol. The van der Waals surface area contributed by atoms with Gasteiger partial charge < -0.3 is 10.1 Å². The quantitative estimate of drug-likeness (QED) is 0.895. The average Bonchev–Trinajstić information content (AvgIpc) is 2.77. The molecule has 0 amide bonds. The number of anilines is 1. The Kier molecular flexibility index (Phi) is 4.10. The number of ether oxygens (including phenoxy) is 1. The summed E-state index contributed by atoms with van der Waals surface area (Å²) in [6.45, 7) is 7.26. The van der Waals surface area contributed by atoms with Gasteiger partial charge in [-0.25, -0.2) is 4.98 Å². The summed E-state index contributed by atoms with van der Waals surface area (Å²) in [4.78, 5) is 4.53. The standard InChI is InChI=1S/C15H21N3O/c1-11(2)9-16-15-17-12(3)10-18(15)13-6-5-7-14(8-13)19-4/h5-8,10-11H,9H2,1-4H3,(H,16,17). The molecule has 0 aliphatic carbocycles. The first-order valence-corrected chi connectivity index (χ1v) is 6.54. The third-order valence-electron chi connectivity index (χ3n) is 2.83. The number of aryl methyl sites for hydroxylation is 1. The van der Waals surface area contributed by atoms with Gasteiger partial charge in [-0.15, -0.1) is 0 Å². The SMILES string of the molecule is COc1cccc(-n2cc(C)nc2NCC(C)C)c1. The van der Waals surface area contributed by atoms with Crippen LogP contribution in [0.15, 0.2) is 30.5 Å². The minimum atomic E-state index is 0.579. The summed E-state index contributed by atoms with van der Waals surface area (Å²) >= 11 is 0. The molecule has 0 spiro atoms. The molecule has 1 heterocycles. The number of nitrogens with zero attached hydrogens (tertiary/aromatic N) is 2. The zero-order chi connectivity index (χ0) is 13.8. The van der Waals surface area contributed by atoms with Crippen molar-refractivity contribution in [1.29, 1.82) is 0 Å². The van der Waals surface area contributed by atoms with Gasteiger partial charge in [0.25, 0.3) is 0 Å². The number of methoxy groups -OCH3 is 1. The topological polar surface area (TPSA) is 39.1 Å². The van der Waals surface area contributed by atoms with Crippen molar-refractivity contribution in [2.45, 2.75) is 20.8 Å². The normalized spacial score (nSPS) is 10.8. The van der Waals surface area contributed by atoms with E-state index in [1.807, 2.05) is 37.4 Å². The zero-order valence-corrected chi connectivity index (χ0v) is 12.0. The average molecular weight is 259 g/mol. The molecule has 0 aliphatic heterocycles. The van der Waals surface area contributed by atoms with Crippen molar-refractivity contribution in [3.8, 4) is 11.4 Å². The first-order valence-electron chi connectivity index (χ1n) is 6.54. The van der Waals surface area contributed by atoms with Gasteiger partial charge in [-0.05, 0) is 25.0 Å². The maximum Gasteiger partial charge on any atom is 0.207 e. The summed E-state index contributed by atoms with van der Waals surface area (Å²) in [5.74, 6) is 2.30. The van der Waals surface area contributed by atoms with E-state index in [-0.39, 0.29) is 0 Å². The highest BCUT2D eigenvalue weighted by Gasteiger charge is 2.08. The number of aromatic nitrogens is 2. The Balaban J connectivity index is 2.32.